The second-order valence-electron chi connectivity index (χ2n) is 6.15. The van der Waals surface area contributed by atoms with Gasteiger partial charge < -0.3 is 10.2 Å². The molecule has 128 valence electrons. The van der Waals surface area contributed by atoms with Gasteiger partial charge in [-0.3, -0.25) is 9.78 Å². The number of aromatic nitrogens is 1. The molecule has 1 N–H and O–H groups in total. The number of nitrogens with one attached hydrogen (secondary N) is 1. The van der Waals surface area contributed by atoms with Crippen molar-refractivity contribution >= 4 is 23.2 Å². The molecule has 24 heavy (non-hydrogen) atoms. The molecule has 0 aliphatic heterocycles. The normalized spacial score (nSPS) is 10.9. The molecular weight excluding hydrogens is 322 g/mol. The fourth-order valence-corrected chi connectivity index (χ4v) is 2.92. The van der Waals surface area contributed by atoms with E-state index in [0.717, 1.165) is 24.1 Å². The number of nitrogens with zero attached hydrogens (tertiary/aromatic N) is 2. The maximum absolute atomic E-state index is 12.2. The largest absolute Gasteiger partial charge is 0.325 e. The number of likely N-dealkylation sites (N-methyl/N-ethyl adjacent to an activating group) is 1. The zero-order chi connectivity index (χ0) is 17.5. The molecule has 0 unspecified atom stereocenters. The highest BCUT2D eigenvalue weighted by Crippen LogP contribution is 2.27. The highest BCUT2D eigenvalue weighted by Gasteiger charge is 2.10. The topological polar surface area (TPSA) is 45.2 Å². The van der Waals surface area contributed by atoms with E-state index < -0.39 is 0 Å². The predicted molar refractivity (Wildman–Crippen MR) is 99.6 cm³/mol. The average Bonchev–Trinajstić information content (AvgIpc) is 2.55. The monoisotopic (exact) mass is 345 g/mol. The Morgan fingerprint density at radius 1 is 1.21 bits per heavy atom. The number of rotatable bonds is 7. The Morgan fingerprint density at radius 3 is 2.58 bits per heavy atom. The van der Waals surface area contributed by atoms with Crippen molar-refractivity contribution in [3.05, 3.63) is 58.4 Å². The third kappa shape index (κ3) is 5.62. The molecule has 0 bridgehead atoms. The molecule has 1 aromatic carbocycles. The Hall–Kier alpha value is -1.91. The van der Waals surface area contributed by atoms with E-state index in [1.165, 1.54) is 5.56 Å². The summed E-state index contributed by atoms with van der Waals surface area (Å²) >= 11 is 6.23. The van der Waals surface area contributed by atoms with Crippen molar-refractivity contribution in [2.24, 2.45) is 0 Å². The lowest BCUT2D eigenvalue weighted by Gasteiger charge is -2.17. The standard InChI is InChI=1S/C19H24ClN3O/c1-14-12-15(2)19(17(20)13-14)22-18(24)7-11-23(3)10-6-16-4-8-21-9-5-16/h4-5,8-9,12-13H,6-7,10-11H2,1-3H3,(H,22,24). The third-order valence-corrected chi connectivity index (χ3v) is 4.25. The SMILES string of the molecule is Cc1cc(C)c(NC(=O)CCN(C)CCc2ccncc2)c(Cl)c1. The quantitative estimate of drug-likeness (QED) is 0.828. The fourth-order valence-electron chi connectivity index (χ4n) is 2.55. The second-order valence-corrected chi connectivity index (χ2v) is 6.55. The van der Waals surface area contributed by atoms with Crippen LogP contribution in [0.15, 0.2) is 36.7 Å². The first-order valence-corrected chi connectivity index (χ1v) is 8.47. The summed E-state index contributed by atoms with van der Waals surface area (Å²) < 4.78 is 0. The van der Waals surface area contributed by atoms with Crippen LogP contribution in [0.1, 0.15) is 23.1 Å². The van der Waals surface area contributed by atoms with Gasteiger partial charge in [-0.1, -0.05) is 17.7 Å². The van der Waals surface area contributed by atoms with Crippen LogP contribution in [0.4, 0.5) is 5.69 Å². The van der Waals surface area contributed by atoms with Crippen molar-refractivity contribution in [3.63, 3.8) is 0 Å². The van der Waals surface area contributed by atoms with Crippen LogP contribution in [0, 0.1) is 13.8 Å². The molecule has 0 aliphatic rings. The van der Waals surface area contributed by atoms with Gasteiger partial charge in [0, 0.05) is 31.9 Å². The van der Waals surface area contributed by atoms with Gasteiger partial charge in [0.25, 0.3) is 0 Å². The Bertz CT molecular complexity index is 665. The van der Waals surface area contributed by atoms with E-state index in [1.807, 2.05) is 45.2 Å². The first kappa shape index (κ1) is 18.4. The zero-order valence-electron chi connectivity index (χ0n) is 14.5. The van der Waals surface area contributed by atoms with Crippen LogP contribution in [-0.4, -0.2) is 35.9 Å². The van der Waals surface area contributed by atoms with E-state index in [0.29, 0.717) is 23.7 Å². The van der Waals surface area contributed by atoms with E-state index >= 15 is 0 Å². The smallest absolute Gasteiger partial charge is 0.225 e. The van der Waals surface area contributed by atoms with Crippen molar-refractivity contribution in [1.29, 1.82) is 0 Å². The summed E-state index contributed by atoms with van der Waals surface area (Å²) in [7, 11) is 2.03. The number of amides is 1. The summed E-state index contributed by atoms with van der Waals surface area (Å²) in [5.74, 6) is -0.0142. The highest BCUT2D eigenvalue weighted by molar-refractivity contribution is 6.34. The van der Waals surface area contributed by atoms with Crippen molar-refractivity contribution in [2.45, 2.75) is 26.7 Å². The molecule has 1 heterocycles. The Morgan fingerprint density at radius 2 is 1.92 bits per heavy atom. The number of carbonyl (C=O) groups is 1. The number of benzene rings is 1. The number of pyridine rings is 1. The Labute approximate surface area is 148 Å². The van der Waals surface area contributed by atoms with E-state index in [1.54, 1.807) is 12.4 Å². The van der Waals surface area contributed by atoms with Gasteiger partial charge in [0.05, 0.1) is 10.7 Å². The van der Waals surface area contributed by atoms with E-state index in [4.69, 9.17) is 11.6 Å². The molecule has 0 saturated heterocycles. The molecule has 4 nitrogen and oxygen atoms in total. The lowest BCUT2D eigenvalue weighted by Crippen LogP contribution is -2.26. The minimum absolute atomic E-state index is 0.0142. The van der Waals surface area contributed by atoms with Crippen molar-refractivity contribution in [3.8, 4) is 0 Å². The van der Waals surface area contributed by atoms with Gasteiger partial charge >= 0.3 is 0 Å². The number of aryl methyl sites for hydroxylation is 2. The molecule has 0 atom stereocenters. The molecule has 0 spiro atoms. The van der Waals surface area contributed by atoms with Crippen molar-refractivity contribution < 1.29 is 4.79 Å². The lowest BCUT2D eigenvalue weighted by atomic mass is 10.1. The first-order chi connectivity index (χ1) is 11.5. The molecule has 2 aromatic rings. The van der Waals surface area contributed by atoms with Gasteiger partial charge in [0.15, 0.2) is 0 Å². The molecule has 1 aromatic heterocycles. The van der Waals surface area contributed by atoms with Crippen LogP contribution in [0.2, 0.25) is 5.02 Å². The highest BCUT2D eigenvalue weighted by atomic mass is 35.5. The minimum atomic E-state index is -0.0142. The van der Waals surface area contributed by atoms with Gasteiger partial charge in [-0.2, -0.15) is 0 Å². The number of hydrogen-bond acceptors (Lipinski definition) is 3. The van der Waals surface area contributed by atoms with Gasteiger partial charge in [0.1, 0.15) is 0 Å². The maximum atomic E-state index is 12.2. The second kappa shape index (κ2) is 8.81. The molecule has 0 fully saturated rings. The number of hydrogen-bond donors (Lipinski definition) is 1. The number of carbonyl (C=O) groups excluding carboxylic acids is 1. The van der Waals surface area contributed by atoms with Gasteiger partial charge in [-0.15, -0.1) is 0 Å². The van der Waals surface area contributed by atoms with E-state index in [-0.39, 0.29) is 5.91 Å². The van der Waals surface area contributed by atoms with Crippen molar-refractivity contribution in [2.75, 3.05) is 25.5 Å². The zero-order valence-corrected chi connectivity index (χ0v) is 15.2. The Kier molecular flexibility index (Phi) is 6.76. The summed E-state index contributed by atoms with van der Waals surface area (Å²) in [5, 5.41) is 3.52. The minimum Gasteiger partial charge on any atom is -0.325 e. The number of anilines is 1. The number of halogens is 1. The summed E-state index contributed by atoms with van der Waals surface area (Å²) in [6.45, 7) is 5.55. The summed E-state index contributed by atoms with van der Waals surface area (Å²) in [6.07, 6.45) is 4.99. The first-order valence-electron chi connectivity index (χ1n) is 8.09. The predicted octanol–water partition coefficient (Wildman–Crippen LogP) is 3.85. The van der Waals surface area contributed by atoms with Gasteiger partial charge in [-0.25, -0.2) is 0 Å². The van der Waals surface area contributed by atoms with Crippen LogP contribution >= 0.6 is 11.6 Å². The van der Waals surface area contributed by atoms with E-state index in [2.05, 4.69) is 15.2 Å². The molecule has 2 rings (SSSR count). The van der Waals surface area contributed by atoms with E-state index in [9.17, 15) is 4.79 Å². The third-order valence-electron chi connectivity index (χ3n) is 3.95. The van der Waals surface area contributed by atoms with Crippen LogP contribution in [0.25, 0.3) is 0 Å². The Balaban J connectivity index is 1.79. The summed E-state index contributed by atoms with van der Waals surface area (Å²) in [6, 6.07) is 7.92. The molecular formula is C19H24ClN3O. The fraction of sp³-hybridized carbons (Fsp3) is 0.368. The summed E-state index contributed by atoms with van der Waals surface area (Å²) in [4.78, 5) is 18.3. The van der Waals surface area contributed by atoms with Gasteiger partial charge in [-0.05, 0) is 62.2 Å². The van der Waals surface area contributed by atoms with Crippen LogP contribution < -0.4 is 5.32 Å². The van der Waals surface area contributed by atoms with Crippen molar-refractivity contribution in [1.82, 2.24) is 9.88 Å². The molecule has 0 aliphatic carbocycles. The van der Waals surface area contributed by atoms with Crippen LogP contribution in [0.3, 0.4) is 0 Å². The lowest BCUT2D eigenvalue weighted by molar-refractivity contribution is -0.116. The van der Waals surface area contributed by atoms with Crippen LogP contribution in [0.5, 0.6) is 0 Å². The van der Waals surface area contributed by atoms with Gasteiger partial charge in [0.2, 0.25) is 5.91 Å². The molecule has 5 heteroatoms. The average molecular weight is 346 g/mol. The molecule has 0 saturated carbocycles. The molecule has 0 radical (unpaired) electrons. The maximum Gasteiger partial charge on any atom is 0.225 e. The summed E-state index contributed by atoms with van der Waals surface area (Å²) in [5.41, 5.74) is 4.04. The van der Waals surface area contributed by atoms with Crippen LogP contribution in [-0.2, 0) is 11.2 Å². The molecule has 1 amide bonds.